The number of allylic oxidation sites excluding steroid dienone is 14. The summed E-state index contributed by atoms with van der Waals surface area (Å²) in [5.74, 6) is -1.56. The lowest BCUT2D eigenvalue weighted by Crippen LogP contribution is -2.50. The van der Waals surface area contributed by atoms with Crippen molar-refractivity contribution in [2.24, 2.45) is 0 Å². The average Bonchev–Trinajstić information content (AvgIpc) is 3.14. The lowest BCUT2D eigenvalue weighted by Gasteiger charge is -2.31. The summed E-state index contributed by atoms with van der Waals surface area (Å²) in [6.45, 7) is 4.49. The van der Waals surface area contributed by atoms with Crippen LogP contribution in [0, 0.1) is 0 Å². The summed E-state index contributed by atoms with van der Waals surface area (Å²) in [7, 11) is 5.49. The fourth-order valence-corrected chi connectivity index (χ4v) is 5.48. The zero-order valence-corrected chi connectivity index (χ0v) is 35.3. The lowest BCUT2D eigenvalue weighted by atomic mass is 10.1. The number of likely N-dealkylation sites (N-methyl/N-ethyl adjacent to an activating group) is 1. The summed E-state index contributed by atoms with van der Waals surface area (Å²) in [5, 5.41) is 9.60. The van der Waals surface area contributed by atoms with Gasteiger partial charge in [0.2, 0.25) is 0 Å². The molecule has 0 saturated heterocycles. The molecular formula is C47H78NO7+. The lowest BCUT2D eigenvalue weighted by molar-refractivity contribution is -0.887. The van der Waals surface area contributed by atoms with E-state index in [4.69, 9.17) is 14.2 Å². The number of carbonyl (C=O) groups is 3. The fraction of sp³-hybridized carbons (Fsp3) is 0.638. The Hall–Kier alpha value is -3.49. The number of rotatable bonds is 36. The largest absolute Gasteiger partial charge is 0.477 e. The molecular weight excluding hydrogens is 691 g/mol. The second-order valence-corrected chi connectivity index (χ2v) is 14.9. The third-order valence-electron chi connectivity index (χ3n) is 8.78. The van der Waals surface area contributed by atoms with Crippen LogP contribution in [0.25, 0.3) is 0 Å². The molecule has 0 aliphatic carbocycles. The first-order chi connectivity index (χ1) is 26.6. The minimum atomic E-state index is -0.888. The number of carboxylic acid groups (broad SMARTS) is 1. The third-order valence-corrected chi connectivity index (χ3v) is 8.78. The molecule has 1 N–H and O–H groups in total. The Labute approximate surface area is 335 Å². The fourth-order valence-electron chi connectivity index (χ4n) is 5.48. The maximum Gasteiger partial charge on any atom is 0.362 e. The number of carbonyl (C=O) groups excluding carboxylic acids is 2. The van der Waals surface area contributed by atoms with E-state index in [9.17, 15) is 19.5 Å². The summed E-state index contributed by atoms with van der Waals surface area (Å²) in [4.78, 5) is 36.8. The predicted octanol–water partition coefficient (Wildman–Crippen LogP) is 11.4. The minimum absolute atomic E-state index is 0.0345. The molecule has 0 aliphatic heterocycles. The van der Waals surface area contributed by atoms with E-state index in [0.29, 0.717) is 19.3 Å². The number of carboxylic acids is 1. The number of quaternary nitrogens is 1. The van der Waals surface area contributed by atoms with Crippen molar-refractivity contribution < 1.29 is 38.2 Å². The molecule has 0 bridgehead atoms. The molecule has 55 heavy (non-hydrogen) atoms. The van der Waals surface area contributed by atoms with Crippen LogP contribution in [0.15, 0.2) is 85.1 Å². The van der Waals surface area contributed by atoms with Gasteiger partial charge >= 0.3 is 17.9 Å². The molecule has 0 heterocycles. The third kappa shape index (κ3) is 35.9. The normalized spacial score (nSPS) is 13.8. The first-order valence-electron chi connectivity index (χ1n) is 21.1. The van der Waals surface area contributed by atoms with Crippen molar-refractivity contribution in [3.8, 4) is 0 Å². The van der Waals surface area contributed by atoms with Gasteiger partial charge in [0.05, 0.1) is 34.4 Å². The van der Waals surface area contributed by atoms with E-state index in [1.807, 2.05) is 21.1 Å². The number of esters is 2. The zero-order chi connectivity index (χ0) is 40.7. The predicted molar refractivity (Wildman–Crippen MR) is 229 cm³/mol. The van der Waals surface area contributed by atoms with E-state index in [2.05, 4.69) is 98.9 Å². The second-order valence-electron chi connectivity index (χ2n) is 14.9. The van der Waals surface area contributed by atoms with Gasteiger partial charge in [0.1, 0.15) is 6.61 Å². The molecule has 0 aliphatic rings. The molecule has 0 saturated carbocycles. The van der Waals surface area contributed by atoms with Crippen LogP contribution in [-0.4, -0.2) is 80.6 Å². The van der Waals surface area contributed by atoms with Crippen LogP contribution < -0.4 is 0 Å². The Balaban J connectivity index is 4.46. The first-order valence-corrected chi connectivity index (χ1v) is 21.1. The molecule has 2 atom stereocenters. The molecule has 8 heteroatoms. The molecule has 0 aromatic carbocycles. The highest BCUT2D eigenvalue weighted by atomic mass is 16.6. The van der Waals surface area contributed by atoms with E-state index < -0.39 is 18.1 Å². The quantitative estimate of drug-likeness (QED) is 0.0293. The van der Waals surface area contributed by atoms with Crippen molar-refractivity contribution in [1.82, 2.24) is 0 Å². The van der Waals surface area contributed by atoms with Gasteiger partial charge < -0.3 is 23.8 Å². The van der Waals surface area contributed by atoms with E-state index in [0.717, 1.165) is 89.9 Å². The molecule has 0 aromatic heterocycles. The van der Waals surface area contributed by atoms with Crippen molar-refractivity contribution >= 4 is 17.9 Å². The number of hydrogen-bond acceptors (Lipinski definition) is 6. The maximum absolute atomic E-state index is 12.7. The van der Waals surface area contributed by atoms with Gasteiger partial charge in [-0.1, -0.05) is 125 Å². The Bertz CT molecular complexity index is 1170. The molecule has 0 aromatic rings. The van der Waals surface area contributed by atoms with Crippen molar-refractivity contribution in [2.45, 2.75) is 154 Å². The Morgan fingerprint density at radius 3 is 1.55 bits per heavy atom. The summed E-state index contributed by atoms with van der Waals surface area (Å²) in [6, 6.07) is -0.628. The topological polar surface area (TPSA) is 99.1 Å². The highest BCUT2D eigenvalue weighted by molar-refractivity contribution is 5.72. The number of hydrogen-bond donors (Lipinski definition) is 1. The summed E-state index contributed by atoms with van der Waals surface area (Å²) < 4.78 is 17.2. The van der Waals surface area contributed by atoms with Crippen LogP contribution >= 0.6 is 0 Å². The summed E-state index contributed by atoms with van der Waals surface area (Å²) in [5.41, 5.74) is 0. The number of ether oxygens (including phenoxy) is 3. The Morgan fingerprint density at radius 2 is 1.02 bits per heavy atom. The van der Waals surface area contributed by atoms with Gasteiger partial charge in [0.25, 0.3) is 0 Å². The van der Waals surface area contributed by atoms with E-state index >= 15 is 0 Å². The molecule has 0 rings (SSSR count). The van der Waals surface area contributed by atoms with E-state index in [1.165, 1.54) is 12.8 Å². The molecule has 0 spiro atoms. The Morgan fingerprint density at radius 1 is 0.564 bits per heavy atom. The monoisotopic (exact) mass is 769 g/mol. The van der Waals surface area contributed by atoms with Crippen molar-refractivity contribution in [1.29, 1.82) is 0 Å². The van der Waals surface area contributed by atoms with Gasteiger partial charge in [0.15, 0.2) is 12.1 Å². The van der Waals surface area contributed by atoms with Crippen LogP contribution in [0.2, 0.25) is 0 Å². The minimum Gasteiger partial charge on any atom is -0.477 e. The van der Waals surface area contributed by atoms with E-state index in [-0.39, 0.29) is 42.7 Å². The highest BCUT2D eigenvalue weighted by Gasteiger charge is 2.31. The van der Waals surface area contributed by atoms with Crippen LogP contribution in [0.3, 0.4) is 0 Å². The molecule has 0 radical (unpaired) electrons. The van der Waals surface area contributed by atoms with Crippen LogP contribution in [0.4, 0.5) is 0 Å². The smallest absolute Gasteiger partial charge is 0.362 e. The van der Waals surface area contributed by atoms with Crippen LogP contribution in [0.5, 0.6) is 0 Å². The van der Waals surface area contributed by atoms with Gasteiger partial charge in [-0.25, -0.2) is 4.79 Å². The molecule has 0 fully saturated rings. The van der Waals surface area contributed by atoms with Gasteiger partial charge in [-0.2, -0.15) is 0 Å². The van der Waals surface area contributed by atoms with Gasteiger partial charge in [-0.3, -0.25) is 9.59 Å². The zero-order valence-electron chi connectivity index (χ0n) is 35.3. The Kier molecular flexibility index (Phi) is 35.1. The van der Waals surface area contributed by atoms with Crippen molar-refractivity contribution in [2.75, 3.05) is 41.0 Å². The molecule has 0 amide bonds. The number of unbranched alkanes of at least 4 members (excludes halogenated alkanes) is 8. The maximum atomic E-state index is 12.7. The first kappa shape index (κ1) is 51.5. The summed E-state index contributed by atoms with van der Waals surface area (Å²) in [6.07, 6.45) is 47.8. The van der Waals surface area contributed by atoms with Gasteiger partial charge in [-0.15, -0.1) is 0 Å². The average molecular weight is 769 g/mol. The molecule has 8 nitrogen and oxygen atoms in total. The number of aliphatic carboxylic acids is 1. The van der Waals surface area contributed by atoms with Crippen molar-refractivity contribution in [3.05, 3.63) is 85.1 Å². The van der Waals surface area contributed by atoms with Crippen molar-refractivity contribution in [3.63, 3.8) is 0 Å². The van der Waals surface area contributed by atoms with Crippen LogP contribution in [0.1, 0.15) is 142 Å². The van der Waals surface area contributed by atoms with Gasteiger partial charge in [0, 0.05) is 19.3 Å². The second kappa shape index (κ2) is 37.4. The summed E-state index contributed by atoms with van der Waals surface area (Å²) >= 11 is 0. The van der Waals surface area contributed by atoms with E-state index in [1.54, 1.807) is 0 Å². The molecule has 2 unspecified atom stereocenters. The standard InChI is InChI=1S/C47H77NO7/c1-6-8-10-12-14-16-18-19-20-21-22-23-24-25-26-27-28-30-32-34-36-38-46(50)55-43(41-53-40-39-44(47(51)52)48(3,4)5)42-54-45(49)37-35-33-31-29-17-15-13-11-9-7-2/h8,10,13-16,19-20,22-23,25-26,28,30,43-44H,6-7,9,11-12,17-18,21,24,27,29,31-42H2,1-5H3/p+1/b10-8+,15-13+,16-14+,20-19+,23-22+,26-25+,30-28+. The SMILES string of the molecule is CC/C=C/C/C=C/C/C=C/C/C=C/C/C=C/C/C=C/CCCCC(=O)OC(COCCC(C(=O)O)[N+](C)(C)C)COC(=O)CCCCCC/C=C/CCCC. The molecule has 312 valence electrons. The van der Waals surface area contributed by atoms with Gasteiger partial charge in [-0.05, 0) is 83.5 Å². The number of nitrogens with zero attached hydrogens (tertiary/aromatic N) is 1. The van der Waals surface area contributed by atoms with Crippen LogP contribution in [-0.2, 0) is 28.6 Å². The highest BCUT2D eigenvalue weighted by Crippen LogP contribution is 2.11.